The predicted octanol–water partition coefficient (Wildman–Crippen LogP) is 3.14. The molecule has 25 heavy (non-hydrogen) atoms. The molecule has 1 aromatic carbocycles. The summed E-state index contributed by atoms with van der Waals surface area (Å²) in [5, 5.41) is 13.3. The number of nitrogens with zero attached hydrogens (tertiary/aromatic N) is 1. The van der Waals surface area contributed by atoms with Crippen LogP contribution in [-0.2, 0) is 11.4 Å². The molecule has 132 valence electrons. The first-order chi connectivity index (χ1) is 12.1. The van der Waals surface area contributed by atoms with Crippen LogP contribution in [0.25, 0.3) is 0 Å². The summed E-state index contributed by atoms with van der Waals surface area (Å²) in [6, 6.07) is 13.1. The van der Waals surface area contributed by atoms with E-state index in [9.17, 15) is 9.90 Å². The summed E-state index contributed by atoms with van der Waals surface area (Å²) in [7, 11) is 0. The molecular weight excluding hydrogens is 316 g/mol. The first-order valence-electron chi connectivity index (χ1n) is 8.73. The Labute approximate surface area is 148 Å². The minimum atomic E-state index is -1.21. The van der Waals surface area contributed by atoms with E-state index >= 15 is 0 Å². The third-order valence-corrected chi connectivity index (χ3v) is 4.67. The predicted molar refractivity (Wildman–Crippen MR) is 95.0 cm³/mol. The number of aliphatic hydroxyl groups is 1. The Hall–Kier alpha value is -2.40. The summed E-state index contributed by atoms with van der Waals surface area (Å²) >= 11 is 0. The zero-order valence-corrected chi connectivity index (χ0v) is 14.4. The van der Waals surface area contributed by atoms with Crippen LogP contribution in [-0.4, -0.2) is 21.6 Å². The molecule has 1 aromatic heterocycles. The average molecular weight is 340 g/mol. The molecule has 1 amide bonds. The number of nitrogens with one attached hydrogen (secondary N) is 1. The molecule has 2 N–H and O–H groups in total. The summed E-state index contributed by atoms with van der Waals surface area (Å²) in [6.45, 7) is 2.30. The number of carbonyl (C=O) groups is 1. The van der Waals surface area contributed by atoms with Crippen molar-refractivity contribution in [1.29, 1.82) is 0 Å². The molecule has 1 aliphatic rings. The number of carbonyl (C=O) groups excluding carboxylic acids is 1. The molecular formula is C20H24N2O3. The van der Waals surface area contributed by atoms with Crippen molar-refractivity contribution in [2.75, 3.05) is 0 Å². The fourth-order valence-electron chi connectivity index (χ4n) is 3.12. The SMILES string of the molecule is CC(NC(=O)C1(O)CCCC1)c1cccc(OCc2ccccn2)c1. The highest BCUT2D eigenvalue weighted by Gasteiger charge is 2.39. The largest absolute Gasteiger partial charge is 0.487 e. The maximum atomic E-state index is 12.3. The van der Waals surface area contributed by atoms with Gasteiger partial charge in [-0.05, 0) is 62.4 Å². The van der Waals surface area contributed by atoms with Gasteiger partial charge in [0.25, 0.3) is 5.91 Å². The Kier molecular flexibility index (Phi) is 5.34. The lowest BCUT2D eigenvalue weighted by Crippen LogP contribution is -2.45. The van der Waals surface area contributed by atoms with Crippen molar-refractivity contribution in [3.05, 3.63) is 59.9 Å². The second-order valence-corrected chi connectivity index (χ2v) is 6.62. The van der Waals surface area contributed by atoms with Crippen LogP contribution < -0.4 is 10.1 Å². The third-order valence-electron chi connectivity index (χ3n) is 4.67. The number of ether oxygens (including phenoxy) is 1. The van der Waals surface area contributed by atoms with Gasteiger partial charge < -0.3 is 15.2 Å². The normalized spacial score (nSPS) is 17.0. The van der Waals surface area contributed by atoms with E-state index in [2.05, 4.69) is 10.3 Å². The quantitative estimate of drug-likeness (QED) is 0.847. The Morgan fingerprint density at radius 3 is 2.80 bits per heavy atom. The van der Waals surface area contributed by atoms with E-state index in [0.29, 0.717) is 19.4 Å². The van der Waals surface area contributed by atoms with Crippen molar-refractivity contribution in [3.8, 4) is 5.75 Å². The minimum Gasteiger partial charge on any atom is -0.487 e. The van der Waals surface area contributed by atoms with E-state index in [1.165, 1.54) is 0 Å². The molecule has 0 spiro atoms. The number of benzene rings is 1. The number of pyridine rings is 1. The van der Waals surface area contributed by atoms with E-state index < -0.39 is 5.60 Å². The molecule has 3 rings (SSSR count). The molecule has 0 saturated heterocycles. The van der Waals surface area contributed by atoms with E-state index in [-0.39, 0.29) is 11.9 Å². The topological polar surface area (TPSA) is 71.5 Å². The summed E-state index contributed by atoms with van der Waals surface area (Å²) < 4.78 is 5.78. The first kappa shape index (κ1) is 17.4. The number of rotatable bonds is 6. The van der Waals surface area contributed by atoms with E-state index in [1.54, 1.807) is 6.20 Å². The molecule has 5 heteroatoms. The lowest BCUT2D eigenvalue weighted by atomic mass is 10.00. The van der Waals surface area contributed by atoms with E-state index in [4.69, 9.17) is 4.74 Å². The Bertz CT molecular complexity index is 712. The molecule has 1 unspecified atom stereocenters. The van der Waals surface area contributed by atoms with Gasteiger partial charge in [0.15, 0.2) is 0 Å². The molecule has 0 radical (unpaired) electrons. The molecule has 0 aliphatic heterocycles. The first-order valence-corrected chi connectivity index (χ1v) is 8.73. The maximum Gasteiger partial charge on any atom is 0.252 e. The van der Waals surface area contributed by atoms with Crippen molar-refractivity contribution in [1.82, 2.24) is 10.3 Å². The molecule has 1 fully saturated rings. The zero-order valence-electron chi connectivity index (χ0n) is 14.4. The van der Waals surface area contributed by atoms with E-state index in [1.807, 2.05) is 49.4 Å². The smallest absolute Gasteiger partial charge is 0.252 e. The Morgan fingerprint density at radius 1 is 1.28 bits per heavy atom. The number of hydrogen-bond donors (Lipinski definition) is 2. The van der Waals surface area contributed by atoms with Crippen molar-refractivity contribution >= 4 is 5.91 Å². The third kappa shape index (κ3) is 4.37. The Morgan fingerprint density at radius 2 is 2.08 bits per heavy atom. The van der Waals surface area contributed by atoms with Crippen LogP contribution in [0.5, 0.6) is 5.75 Å². The van der Waals surface area contributed by atoms with Gasteiger partial charge in [-0.2, -0.15) is 0 Å². The van der Waals surface area contributed by atoms with Gasteiger partial charge in [0.2, 0.25) is 0 Å². The van der Waals surface area contributed by atoms with Gasteiger partial charge in [0, 0.05) is 6.20 Å². The van der Waals surface area contributed by atoms with Crippen molar-refractivity contribution < 1.29 is 14.6 Å². The van der Waals surface area contributed by atoms with Crippen molar-refractivity contribution in [2.24, 2.45) is 0 Å². The van der Waals surface area contributed by atoms with Crippen LogP contribution >= 0.6 is 0 Å². The highest BCUT2D eigenvalue weighted by atomic mass is 16.5. The monoisotopic (exact) mass is 340 g/mol. The summed E-state index contributed by atoms with van der Waals surface area (Å²) in [5.41, 5.74) is 0.590. The molecule has 1 atom stereocenters. The van der Waals surface area contributed by atoms with Crippen molar-refractivity contribution in [3.63, 3.8) is 0 Å². The molecule has 0 bridgehead atoms. The zero-order chi connectivity index (χ0) is 17.7. The van der Waals surface area contributed by atoms with Gasteiger partial charge in [-0.3, -0.25) is 9.78 Å². The number of amides is 1. The second kappa shape index (κ2) is 7.66. The average Bonchev–Trinajstić information content (AvgIpc) is 3.09. The van der Waals surface area contributed by atoms with Crippen molar-refractivity contribution in [2.45, 2.75) is 50.9 Å². The lowest BCUT2D eigenvalue weighted by molar-refractivity contribution is -0.139. The van der Waals surface area contributed by atoms with E-state index in [0.717, 1.165) is 29.8 Å². The molecule has 5 nitrogen and oxygen atoms in total. The summed E-state index contributed by atoms with van der Waals surface area (Å²) in [6.07, 6.45) is 4.61. The van der Waals surface area contributed by atoms with Crippen LogP contribution in [0.1, 0.15) is 49.9 Å². The molecule has 1 heterocycles. The van der Waals surface area contributed by atoms with Crippen LogP contribution in [0.3, 0.4) is 0 Å². The fourth-order valence-corrected chi connectivity index (χ4v) is 3.12. The van der Waals surface area contributed by atoms with Gasteiger partial charge in [-0.1, -0.05) is 18.2 Å². The van der Waals surface area contributed by atoms with Crippen LogP contribution in [0.4, 0.5) is 0 Å². The minimum absolute atomic E-state index is 0.199. The highest BCUT2D eigenvalue weighted by Crippen LogP contribution is 2.30. The fraction of sp³-hybridized carbons (Fsp3) is 0.400. The molecule has 1 aliphatic carbocycles. The van der Waals surface area contributed by atoms with Crippen LogP contribution in [0, 0.1) is 0 Å². The van der Waals surface area contributed by atoms with Gasteiger partial charge in [-0.25, -0.2) is 0 Å². The van der Waals surface area contributed by atoms with Gasteiger partial charge in [0.1, 0.15) is 18.0 Å². The van der Waals surface area contributed by atoms with Crippen LogP contribution in [0.15, 0.2) is 48.7 Å². The highest BCUT2D eigenvalue weighted by molar-refractivity contribution is 5.85. The lowest BCUT2D eigenvalue weighted by Gasteiger charge is -2.24. The second-order valence-electron chi connectivity index (χ2n) is 6.62. The summed E-state index contributed by atoms with van der Waals surface area (Å²) in [5.74, 6) is 0.445. The molecule has 2 aromatic rings. The number of hydrogen-bond acceptors (Lipinski definition) is 4. The Balaban J connectivity index is 1.61. The molecule has 1 saturated carbocycles. The van der Waals surface area contributed by atoms with Gasteiger partial charge >= 0.3 is 0 Å². The maximum absolute atomic E-state index is 12.3. The standard InChI is InChI=1S/C20H24N2O3/c1-15(22-19(23)20(24)10-3-4-11-20)16-7-6-9-18(13-16)25-14-17-8-2-5-12-21-17/h2,5-9,12-13,15,24H,3-4,10-11,14H2,1H3,(H,22,23). The number of aromatic nitrogens is 1. The van der Waals surface area contributed by atoms with Gasteiger partial charge in [-0.15, -0.1) is 0 Å². The van der Waals surface area contributed by atoms with Crippen LogP contribution in [0.2, 0.25) is 0 Å². The van der Waals surface area contributed by atoms with Gasteiger partial charge in [0.05, 0.1) is 11.7 Å². The summed E-state index contributed by atoms with van der Waals surface area (Å²) in [4.78, 5) is 16.6.